The number of sulfonamides is 2. The minimum Gasteiger partial charge on any atom is -0.340 e. The van der Waals surface area contributed by atoms with Crippen LogP contribution in [0.3, 0.4) is 0 Å². The number of hydrazine groups is 1. The molecule has 164 valence electrons. The highest BCUT2D eigenvalue weighted by Gasteiger charge is 2.36. The van der Waals surface area contributed by atoms with E-state index in [-0.39, 0.29) is 18.1 Å². The normalized spacial score (nSPS) is 15.7. The number of rotatable bonds is 7. The van der Waals surface area contributed by atoms with Crippen LogP contribution in [0.1, 0.15) is 10.4 Å². The highest BCUT2D eigenvalue weighted by atomic mass is 35.5. The highest BCUT2D eigenvalue weighted by molar-refractivity contribution is 7.89. The highest BCUT2D eigenvalue weighted by Crippen LogP contribution is 2.27. The number of nitrogens with one attached hydrogen (secondary N) is 2. The van der Waals surface area contributed by atoms with Crippen LogP contribution < -0.4 is 10.3 Å². The molecule has 2 N–H and O–H groups in total. The second-order valence-electron chi connectivity index (χ2n) is 7.03. The lowest BCUT2D eigenvalue weighted by atomic mass is 10.1. The van der Waals surface area contributed by atoms with Crippen LogP contribution in [-0.2, 0) is 27.1 Å². The molecule has 2 aromatic rings. The van der Waals surface area contributed by atoms with Gasteiger partial charge in [0, 0.05) is 37.8 Å². The largest absolute Gasteiger partial charge is 0.340 e. The van der Waals surface area contributed by atoms with E-state index in [4.69, 9.17) is 11.6 Å². The summed E-state index contributed by atoms with van der Waals surface area (Å²) in [5.41, 5.74) is 2.33. The van der Waals surface area contributed by atoms with Crippen molar-refractivity contribution in [2.75, 3.05) is 25.1 Å². The SMILES string of the molecule is Cn1cnc(-c2cc(Cl)c(F)c(C(=O)NNS(=O)(=O)CC3CN(S(C)(=O)=O)C3)c2)c1. The van der Waals surface area contributed by atoms with Gasteiger partial charge in [0.05, 0.1) is 34.6 Å². The Bertz CT molecular complexity index is 1190. The minimum atomic E-state index is -3.97. The number of hydrogen-bond donors (Lipinski definition) is 2. The van der Waals surface area contributed by atoms with E-state index < -0.39 is 49.0 Å². The standard InChI is InChI=1S/C16H19ClFN5O5S2/c1-22-7-14(19-9-22)11-3-12(15(18)13(17)4-11)16(24)20-21-30(27,28)8-10-5-23(6-10)29(2,25)26/h3-4,7,9-10,21H,5-6,8H2,1-2H3,(H,20,24). The predicted octanol–water partition coefficient (Wildman–Crippen LogP) is 0.335. The summed E-state index contributed by atoms with van der Waals surface area (Å²) in [5, 5.41) is -0.318. The maximum absolute atomic E-state index is 14.3. The Hall–Kier alpha value is -2.06. The Morgan fingerprint density at radius 2 is 1.97 bits per heavy atom. The van der Waals surface area contributed by atoms with Gasteiger partial charge in [-0.2, -0.15) is 0 Å². The van der Waals surface area contributed by atoms with E-state index in [0.29, 0.717) is 11.3 Å². The van der Waals surface area contributed by atoms with Crippen LogP contribution in [-0.4, -0.2) is 61.7 Å². The van der Waals surface area contributed by atoms with Gasteiger partial charge in [-0.1, -0.05) is 11.6 Å². The van der Waals surface area contributed by atoms with Crippen LogP contribution in [0.15, 0.2) is 24.7 Å². The van der Waals surface area contributed by atoms with Gasteiger partial charge in [-0.15, -0.1) is 4.83 Å². The quantitative estimate of drug-likeness (QED) is 0.550. The first-order valence-electron chi connectivity index (χ1n) is 8.58. The van der Waals surface area contributed by atoms with Crippen molar-refractivity contribution in [1.82, 2.24) is 24.1 Å². The number of benzene rings is 1. The summed E-state index contributed by atoms with van der Waals surface area (Å²) in [6.07, 6.45) is 4.20. The Kier molecular flexibility index (Phi) is 6.20. The van der Waals surface area contributed by atoms with Gasteiger partial charge < -0.3 is 4.57 Å². The van der Waals surface area contributed by atoms with Crippen LogP contribution in [0.2, 0.25) is 5.02 Å². The zero-order valence-electron chi connectivity index (χ0n) is 16.0. The lowest BCUT2D eigenvalue weighted by molar-refractivity contribution is 0.0941. The first kappa shape index (κ1) is 22.6. The van der Waals surface area contributed by atoms with Crippen LogP contribution in [0.25, 0.3) is 11.3 Å². The number of hydrogen-bond acceptors (Lipinski definition) is 6. The van der Waals surface area contributed by atoms with E-state index in [1.807, 2.05) is 10.3 Å². The molecule has 0 unspecified atom stereocenters. The lowest BCUT2D eigenvalue weighted by Gasteiger charge is -2.36. The summed E-state index contributed by atoms with van der Waals surface area (Å²) in [5.74, 6) is -2.85. The Labute approximate surface area is 178 Å². The molecule has 30 heavy (non-hydrogen) atoms. The molecular formula is C16H19ClFN5O5S2. The molecule has 0 aliphatic carbocycles. The molecule has 1 amide bonds. The van der Waals surface area contributed by atoms with Gasteiger partial charge in [0.2, 0.25) is 20.0 Å². The van der Waals surface area contributed by atoms with Crippen molar-refractivity contribution in [3.63, 3.8) is 0 Å². The zero-order valence-corrected chi connectivity index (χ0v) is 18.4. The van der Waals surface area contributed by atoms with Crippen molar-refractivity contribution >= 4 is 37.6 Å². The van der Waals surface area contributed by atoms with Crippen molar-refractivity contribution in [3.05, 3.63) is 41.1 Å². The van der Waals surface area contributed by atoms with Crippen molar-refractivity contribution in [2.24, 2.45) is 13.0 Å². The average Bonchev–Trinajstić information content (AvgIpc) is 3.03. The summed E-state index contributed by atoms with van der Waals surface area (Å²) in [6.45, 7) is 0.147. The van der Waals surface area contributed by atoms with Crippen molar-refractivity contribution in [2.45, 2.75) is 0 Å². The molecule has 1 aliphatic heterocycles. The number of aromatic nitrogens is 2. The minimum absolute atomic E-state index is 0.0735. The van der Waals surface area contributed by atoms with Crippen molar-refractivity contribution < 1.29 is 26.0 Å². The summed E-state index contributed by atoms with van der Waals surface area (Å²) >= 11 is 5.87. The fourth-order valence-corrected chi connectivity index (χ4v) is 5.25. The third-order valence-corrected chi connectivity index (χ3v) is 7.28. The molecule has 3 rings (SSSR count). The summed E-state index contributed by atoms with van der Waals surface area (Å²) in [4.78, 5) is 18.4. The van der Waals surface area contributed by atoms with Crippen molar-refractivity contribution in [1.29, 1.82) is 0 Å². The van der Waals surface area contributed by atoms with E-state index >= 15 is 0 Å². The number of aryl methyl sites for hydroxylation is 1. The van der Waals surface area contributed by atoms with E-state index in [9.17, 15) is 26.0 Å². The molecule has 1 aliphatic rings. The van der Waals surface area contributed by atoms with E-state index in [1.165, 1.54) is 18.5 Å². The number of imidazole rings is 1. The summed E-state index contributed by atoms with van der Waals surface area (Å²) < 4.78 is 64.1. The molecular weight excluding hydrogens is 461 g/mol. The second kappa shape index (κ2) is 8.23. The van der Waals surface area contributed by atoms with Crippen LogP contribution in [0.5, 0.6) is 0 Å². The molecule has 0 saturated carbocycles. The van der Waals surface area contributed by atoms with E-state index in [2.05, 4.69) is 4.98 Å². The molecule has 1 aromatic carbocycles. The molecule has 0 radical (unpaired) electrons. The third-order valence-electron chi connectivity index (χ3n) is 4.44. The van der Waals surface area contributed by atoms with Gasteiger partial charge in [0.25, 0.3) is 5.91 Å². The molecule has 0 bridgehead atoms. The first-order valence-corrected chi connectivity index (χ1v) is 12.5. The molecule has 1 fully saturated rings. The van der Waals surface area contributed by atoms with Crippen LogP contribution in [0, 0.1) is 11.7 Å². The van der Waals surface area contributed by atoms with Crippen LogP contribution in [0.4, 0.5) is 4.39 Å². The molecule has 1 aromatic heterocycles. The molecule has 0 atom stereocenters. The van der Waals surface area contributed by atoms with E-state index in [1.54, 1.807) is 17.8 Å². The molecule has 10 nitrogen and oxygen atoms in total. The maximum atomic E-state index is 14.3. The molecule has 14 heteroatoms. The zero-order chi connectivity index (χ0) is 22.3. The van der Waals surface area contributed by atoms with Crippen LogP contribution >= 0.6 is 11.6 Å². The smallest absolute Gasteiger partial charge is 0.269 e. The molecule has 1 saturated heterocycles. The predicted molar refractivity (Wildman–Crippen MR) is 108 cm³/mol. The third kappa shape index (κ3) is 5.16. The topological polar surface area (TPSA) is 130 Å². The van der Waals surface area contributed by atoms with Gasteiger partial charge >= 0.3 is 0 Å². The second-order valence-corrected chi connectivity index (χ2v) is 11.2. The first-order chi connectivity index (χ1) is 13.9. The van der Waals surface area contributed by atoms with Gasteiger partial charge in [0.15, 0.2) is 5.82 Å². The monoisotopic (exact) mass is 479 g/mol. The summed E-state index contributed by atoms with van der Waals surface area (Å²) in [6, 6.07) is 2.52. The fourth-order valence-electron chi connectivity index (χ4n) is 2.91. The summed E-state index contributed by atoms with van der Waals surface area (Å²) in [7, 11) is -5.60. The Morgan fingerprint density at radius 3 is 2.53 bits per heavy atom. The number of halogens is 2. The number of carbonyl (C=O) groups is 1. The maximum Gasteiger partial charge on any atom is 0.269 e. The average molecular weight is 480 g/mol. The van der Waals surface area contributed by atoms with Crippen molar-refractivity contribution in [3.8, 4) is 11.3 Å². The molecule has 2 heterocycles. The number of nitrogens with zero attached hydrogens (tertiary/aromatic N) is 3. The Morgan fingerprint density at radius 1 is 1.30 bits per heavy atom. The van der Waals surface area contributed by atoms with Gasteiger partial charge in [-0.05, 0) is 12.1 Å². The van der Waals surface area contributed by atoms with Gasteiger partial charge in [0.1, 0.15) is 0 Å². The molecule has 0 spiro atoms. The van der Waals surface area contributed by atoms with E-state index in [0.717, 1.165) is 10.6 Å². The van der Waals surface area contributed by atoms with Gasteiger partial charge in [-0.25, -0.2) is 30.5 Å². The lowest BCUT2D eigenvalue weighted by Crippen LogP contribution is -2.54. The Balaban J connectivity index is 1.66. The number of carbonyl (C=O) groups excluding carboxylic acids is 1. The fraction of sp³-hybridized carbons (Fsp3) is 0.375. The number of amides is 1. The van der Waals surface area contributed by atoms with Gasteiger partial charge in [-0.3, -0.25) is 10.2 Å².